The molecular weight excluding hydrogens is 627 g/mol. The maximum absolute atomic E-state index is 12.4. The Morgan fingerprint density at radius 3 is 1.40 bits per heavy atom. The van der Waals surface area contributed by atoms with Gasteiger partial charge in [0.2, 0.25) is 0 Å². The molecule has 1 heterocycles. The Morgan fingerprint density at radius 1 is 0.532 bits per heavy atom. The number of nitrogens with one attached hydrogen (secondary N) is 1. The number of amides is 2. The molecule has 0 atom stereocenters. The molecule has 7 nitrogen and oxygen atoms in total. The van der Waals surface area contributed by atoms with Gasteiger partial charge in [-0.15, -0.1) is 0 Å². The average molecular weight is 702 g/mol. The lowest BCUT2D eigenvalue weighted by Gasteiger charge is -2.34. The van der Waals surface area contributed by atoms with Crippen molar-refractivity contribution in [1.29, 1.82) is 0 Å². The second-order valence-corrected chi connectivity index (χ2v) is 15.8. The van der Waals surface area contributed by atoms with Crippen molar-refractivity contribution in [3.63, 3.8) is 0 Å². The SMILES string of the molecule is CCCCCCCCCCCCSCCCOC(=O)NCCN1CCN(C(=O)OCCCSCCCCCCCCCCCC)CC1. The van der Waals surface area contributed by atoms with Gasteiger partial charge in [0, 0.05) is 39.3 Å². The quantitative estimate of drug-likeness (QED) is 0.0683. The second kappa shape index (κ2) is 35.0. The summed E-state index contributed by atoms with van der Waals surface area (Å²) in [6.45, 7) is 9.82. The largest absolute Gasteiger partial charge is 0.450 e. The molecule has 0 aromatic heterocycles. The molecule has 1 N–H and O–H groups in total. The van der Waals surface area contributed by atoms with Gasteiger partial charge in [-0.2, -0.15) is 23.5 Å². The van der Waals surface area contributed by atoms with Crippen LogP contribution in [0.15, 0.2) is 0 Å². The Bertz CT molecular complexity index is 693. The lowest BCUT2D eigenvalue weighted by molar-refractivity contribution is 0.0766. The summed E-state index contributed by atoms with van der Waals surface area (Å²) in [6, 6.07) is 0. The fourth-order valence-electron chi connectivity index (χ4n) is 5.85. The highest BCUT2D eigenvalue weighted by Crippen LogP contribution is 2.14. The molecule has 0 aliphatic carbocycles. The van der Waals surface area contributed by atoms with Gasteiger partial charge in [0.1, 0.15) is 0 Å². The Balaban J connectivity index is 1.83. The molecule has 47 heavy (non-hydrogen) atoms. The predicted octanol–water partition coefficient (Wildman–Crippen LogP) is 10.6. The van der Waals surface area contributed by atoms with Crippen molar-refractivity contribution in [3.05, 3.63) is 0 Å². The maximum Gasteiger partial charge on any atom is 0.409 e. The first-order chi connectivity index (χ1) is 23.2. The minimum Gasteiger partial charge on any atom is -0.450 e. The molecule has 1 aliphatic heterocycles. The number of hydrogen-bond acceptors (Lipinski definition) is 7. The molecule has 0 radical (unpaired) electrons. The van der Waals surface area contributed by atoms with Crippen LogP contribution in [0, 0.1) is 0 Å². The highest BCUT2D eigenvalue weighted by molar-refractivity contribution is 7.99. The van der Waals surface area contributed by atoms with E-state index in [1.807, 2.05) is 28.4 Å². The van der Waals surface area contributed by atoms with Crippen molar-refractivity contribution in [3.8, 4) is 0 Å². The summed E-state index contributed by atoms with van der Waals surface area (Å²) in [5.74, 6) is 4.55. The van der Waals surface area contributed by atoms with Gasteiger partial charge in [0.05, 0.1) is 13.2 Å². The number of ether oxygens (including phenoxy) is 2. The van der Waals surface area contributed by atoms with E-state index >= 15 is 0 Å². The molecule has 1 fully saturated rings. The van der Waals surface area contributed by atoms with E-state index in [2.05, 4.69) is 24.1 Å². The third-order valence-corrected chi connectivity index (χ3v) is 11.2. The summed E-state index contributed by atoms with van der Waals surface area (Å²) in [6.07, 6.45) is 28.9. The predicted molar refractivity (Wildman–Crippen MR) is 206 cm³/mol. The van der Waals surface area contributed by atoms with E-state index in [0.29, 0.717) is 32.8 Å². The van der Waals surface area contributed by atoms with Gasteiger partial charge in [-0.05, 0) is 48.7 Å². The third kappa shape index (κ3) is 29.8. The van der Waals surface area contributed by atoms with Crippen LogP contribution in [0.1, 0.15) is 155 Å². The summed E-state index contributed by atoms with van der Waals surface area (Å²) >= 11 is 3.97. The van der Waals surface area contributed by atoms with Gasteiger partial charge in [0.15, 0.2) is 0 Å². The molecule has 1 aliphatic rings. The fourth-order valence-corrected chi connectivity index (χ4v) is 7.71. The summed E-state index contributed by atoms with van der Waals surface area (Å²) < 4.78 is 10.9. The molecular formula is C38H75N3O4S2. The monoisotopic (exact) mass is 702 g/mol. The van der Waals surface area contributed by atoms with Gasteiger partial charge in [-0.25, -0.2) is 9.59 Å². The maximum atomic E-state index is 12.4. The minimum atomic E-state index is -0.325. The van der Waals surface area contributed by atoms with Crippen LogP contribution in [0.4, 0.5) is 9.59 Å². The Morgan fingerprint density at radius 2 is 0.936 bits per heavy atom. The van der Waals surface area contributed by atoms with Crippen LogP contribution in [0.2, 0.25) is 0 Å². The fraction of sp³-hybridized carbons (Fsp3) is 0.947. The first-order valence-corrected chi connectivity index (χ1v) is 22.2. The van der Waals surface area contributed by atoms with Crippen LogP contribution in [-0.4, -0.2) is 97.5 Å². The van der Waals surface area contributed by atoms with E-state index in [4.69, 9.17) is 9.47 Å². The first kappa shape index (κ1) is 44.2. The van der Waals surface area contributed by atoms with Crippen LogP contribution >= 0.6 is 23.5 Å². The van der Waals surface area contributed by atoms with E-state index in [9.17, 15) is 9.59 Å². The number of carbonyl (C=O) groups excluding carboxylic acids is 2. The van der Waals surface area contributed by atoms with Crippen LogP contribution < -0.4 is 5.32 Å². The van der Waals surface area contributed by atoms with Gasteiger partial charge in [-0.1, -0.05) is 129 Å². The topological polar surface area (TPSA) is 71.1 Å². The smallest absolute Gasteiger partial charge is 0.409 e. The second-order valence-electron chi connectivity index (χ2n) is 13.3. The van der Waals surface area contributed by atoms with Crippen molar-refractivity contribution in [2.24, 2.45) is 0 Å². The molecule has 2 amide bonds. The number of carbonyl (C=O) groups is 2. The third-order valence-electron chi connectivity index (χ3n) is 8.94. The number of rotatable bonds is 33. The molecule has 0 aromatic carbocycles. The summed E-state index contributed by atoms with van der Waals surface area (Å²) in [5, 5.41) is 2.87. The summed E-state index contributed by atoms with van der Waals surface area (Å²) in [4.78, 5) is 28.5. The van der Waals surface area contributed by atoms with Crippen molar-refractivity contribution < 1.29 is 19.1 Å². The van der Waals surface area contributed by atoms with Gasteiger partial charge < -0.3 is 19.7 Å². The minimum absolute atomic E-state index is 0.187. The van der Waals surface area contributed by atoms with E-state index in [-0.39, 0.29) is 12.2 Å². The number of piperazine rings is 1. The molecule has 0 bridgehead atoms. The van der Waals surface area contributed by atoms with E-state index in [0.717, 1.165) is 44.0 Å². The van der Waals surface area contributed by atoms with Crippen LogP contribution in [0.25, 0.3) is 0 Å². The number of nitrogens with zero attached hydrogens (tertiary/aromatic N) is 2. The van der Waals surface area contributed by atoms with E-state index in [1.165, 1.54) is 140 Å². The molecule has 1 saturated heterocycles. The Kier molecular flexibility index (Phi) is 33.0. The van der Waals surface area contributed by atoms with Crippen molar-refractivity contribution >= 4 is 35.7 Å². The molecule has 0 aromatic rings. The molecule has 9 heteroatoms. The first-order valence-electron chi connectivity index (χ1n) is 19.9. The zero-order chi connectivity index (χ0) is 33.9. The standard InChI is InChI=1S/C38H75N3O4S2/c1-3-5-7-9-11-13-15-17-19-21-33-46-35-23-31-44-37(42)39-25-26-40-27-29-41(30-28-40)38(43)45-32-24-36-47-34-22-20-18-16-14-12-10-8-6-4-2/h3-36H2,1-2H3,(H,39,42). The van der Waals surface area contributed by atoms with Crippen LogP contribution in [0.3, 0.4) is 0 Å². The zero-order valence-corrected chi connectivity index (χ0v) is 32.5. The van der Waals surface area contributed by atoms with Crippen LogP contribution in [0.5, 0.6) is 0 Å². The summed E-state index contributed by atoms with van der Waals surface area (Å²) in [7, 11) is 0. The molecule has 1 rings (SSSR count). The average Bonchev–Trinajstić information content (AvgIpc) is 3.08. The van der Waals surface area contributed by atoms with Gasteiger partial charge >= 0.3 is 12.2 Å². The lowest BCUT2D eigenvalue weighted by atomic mass is 10.1. The van der Waals surface area contributed by atoms with Crippen molar-refractivity contribution in [1.82, 2.24) is 15.1 Å². The Hall–Kier alpha value is -0.800. The van der Waals surface area contributed by atoms with Gasteiger partial charge in [0.25, 0.3) is 0 Å². The number of alkyl carbamates (subject to hydrolysis) is 1. The molecule has 0 spiro atoms. The molecule has 0 unspecified atom stereocenters. The van der Waals surface area contributed by atoms with Crippen molar-refractivity contribution in [2.75, 3.05) is 75.5 Å². The zero-order valence-electron chi connectivity index (χ0n) is 30.9. The number of unbranched alkanes of at least 4 members (excludes halogenated alkanes) is 18. The van der Waals surface area contributed by atoms with Gasteiger partial charge in [-0.3, -0.25) is 4.90 Å². The molecule has 278 valence electrons. The van der Waals surface area contributed by atoms with Crippen LogP contribution in [-0.2, 0) is 9.47 Å². The van der Waals surface area contributed by atoms with Crippen molar-refractivity contribution in [2.45, 2.75) is 155 Å². The highest BCUT2D eigenvalue weighted by atomic mass is 32.2. The lowest BCUT2D eigenvalue weighted by Crippen LogP contribution is -2.50. The summed E-state index contributed by atoms with van der Waals surface area (Å²) in [5.41, 5.74) is 0. The van der Waals surface area contributed by atoms with E-state index in [1.54, 1.807) is 0 Å². The number of hydrogen-bond donors (Lipinski definition) is 1. The normalized spacial score (nSPS) is 13.6. The number of thioether (sulfide) groups is 2. The highest BCUT2D eigenvalue weighted by Gasteiger charge is 2.21. The molecule has 0 saturated carbocycles. The van der Waals surface area contributed by atoms with E-state index < -0.39 is 0 Å². The Labute approximate surface area is 299 Å².